The number of nitrogens with two attached hydrogens (primary N) is 1. The Labute approximate surface area is 214 Å². The Morgan fingerprint density at radius 1 is 1.13 bits per heavy atom. The van der Waals surface area contributed by atoms with Crippen molar-refractivity contribution in [2.45, 2.75) is 12.1 Å². The van der Waals surface area contributed by atoms with Crippen molar-refractivity contribution in [2.24, 2.45) is 46.7 Å². The summed E-state index contributed by atoms with van der Waals surface area (Å²) in [5.74, 6) is 2.40. The summed E-state index contributed by atoms with van der Waals surface area (Å²) in [6.07, 6.45) is 0.976. The minimum atomic E-state index is -0.728. The fraction of sp³-hybridized carbons (Fsp3) is 0.423. The molecule has 10 rings (SSSR count). The van der Waals surface area contributed by atoms with E-state index >= 15 is 0 Å². The van der Waals surface area contributed by atoms with Crippen LogP contribution in [0.2, 0.25) is 0 Å². The van der Waals surface area contributed by atoms with Gasteiger partial charge in [-0.15, -0.1) is 0 Å². The summed E-state index contributed by atoms with van der Waals surface area (Å²) in [5.41, 5.74) is 7.78. The van der Waals surface area contributed by atoms with E-state index in [9.17, 15) is 18.8 Å². The normalized spacial score (nSPS) is 37.2. The van der Waals surface area contributed by atoms with Gasteiger partial charge in [0.05, 0.1) is 11.9 Å². The van der Waals surface area contributed by atoms with Gasteiger partial charge < -0.3 is 26.4 Å². The van der Waals surface area contributed by atoms with E-state index in [1.54, 1.807) is 18.2 Å². The van der Waals surface area contributed by atoms with Gasteiger partial charge in [0.25, 0.3) is 17.7 Å². The van der Waals surface area contributed by atoms with E-state index in [0.29, 0.717) is 59.1 Å². The number of ether oxygens (including phenoxy) is 1. The molecule has 0 radical (unpaired) electrons. The highest BCUT2D eigenvalue weighted by molar-refractivity contribution is 5.98. The van der Waals surface area contributed by atoms with Gasteiger partial charge in [-0.2, -0.15) is 5.10 Å². The number of anilines is 1. The SMILES string of the molecule is NC12C3C4C1C1C2C3C41CNC(=O)c1cc(C(=O)NCc2ccc3c(c2)NC(=O)CO3)nc2c(F)cnn12. The van der Waals surface area contributed by atoms with Crippen LogP contribution in [-0.2, 0) is 11.3 Å². The van der Waals surface area contributed by atoms with Gasteiger partial charge in [0.1, 0.15) is 17.1 Å². The molecule has 0 saturated heterocycles. The standard InChI is InChI=1S/C26H22FN7O4/c27-10-6-31-34-13(24(37)30-8-25-16-19-17(25)21-18(25)20(16)26(19,21)28)4-12(33-22(10)34)23(36)29-5-9-1-2-14-11(3-9)32-15(35)7-38-14/h1-4,6,16-21H,5,7-8,28H2,(H,29,36)(H,30,37)(H,32,35). The zero-order valence-electron chi connectivity index (χ0n) is 19.9. The maximum Gasteiger partial charge on any atom is 0.270 e. The van der Waals surface area contributed by atoms with Crippen molar-refractivity contribution in [1.82, 2.24) is 25.2 Å². The lowest BCUT2D eigenvalue weighted by Crippen LogP contribution is -3.15. The van der Waals surface area contributed by atoms with Gasteiger partial charge in [-0.05, 0) is 58.6 Å². The summed E-state index contributed by atoms with van der Waals surface area (Å²) < 4.78 is 20.9. The van der Waals surface area contributed by atoms with Gasteiger partial charge in [0.15, 0.2) is 18.1 Å². The van der Waals surface area contributed by atoms with Crippen molar-refractivity contribution < 1.29 is 23.5 Å². The van der Waals surface area contributed by atoms with Gasteiger partial charge in [-0.1, -0.05) is 6.07 Å². The molecular weight excluding hydrogens is 493 g/mol. The van der Waals surface area contributed by atoms with E-state index in [1.807, 2.05) is 0 Å². The van der Waals surface area contributed by atoms with Crippen LogP contribution in [0, 0.1) is 46.7 Å². The second-order valence-electron chi connectivity index (χ2n) is 11.6. The molecule has 5 N–H and O–H groups in total. The van der Waals surface area contributed by atoms with E-state index in [1.165, 1.54) is 6.07 Å². The minimum Gasteiger partial charge on any atom is -0.482 e. The van der Waals surface area contributed by atoms with Crippen molar-refractivity contribution in [3.8, 4) is 5.75 Å². The number of halogens is 1. The minimum absolute atomic E-state index is 0.0447. The number of rotatable bonds is 6. The van der Waals surface area contributed by atoms with Crippen LogP contribution in [0.15, 0.2) is 30.5 Å². The van der Waals surface area contributed by atoms with Gasteiger partial charge in [-0.25, -0.2) is 13.9 Å². The number of amides is 3. The van der Waals surface area contributed by atoms with Gasteiger partial charge in [0.2, 0.25) is 0 Å². The third kappa shape index (κ3) is 2.06. The number of hydrogen-bond acceptors (Lipinski definition) is 7. The van der Waals surface area contributed by atoms with Gasteiger partial charge in [0, 0.05) is 24.7 Å². The summed E-state index contributed by atoms with van der Waals surface area (Å²) >= 11 is 0. The molecule has 1 aromatic carbocycles. The number of carbonyl (C=O) groups is 3. The Morgan fingerprint density at radius 2 is 1.89 bits per heavy atom. The highest BCUT2D eigenvalue weighted by atomic mass is 19.1. The number of carbonyl (C=O) groups excluding carboxylic acids is 3. The Kier molecular flexibility index (Phi) is 3.48. The smallest absolute Gasteiger partial charge is 0.270 e. The first-order valence-electron chi connectivity index (χ1n) is 12.8. The molecule has 3 heterocycles. The highest BCUT2D eigenvalue weighted by Gasteiger charge is 3.08. The van der Waals surface area contributed by atoms with Crippen molar-refractivity contribution in [3.05, 3.63) is 53.2 Å². The Hall–Kier alpha value is -4.06. The molecule has 1 aliphatic heterocycles. The molecule has 6 aliphatic carbocycles. The van der Waals surface area contributed by atoms with Gasteiger partial charge in [-0.3, -0.25) is 14.4 Å². The van der Waals surface area contributed by atoms with E-state index in [0.717, 1.165) is 10.7 Å². The number of fused-ring (bicyclic) bond motifs is 2. The number of benzene rings is 1. The summed E-state index contributed by atoms with van der Waals surface area (Å²) in [7, 11) is 0. The fourth-order valence-corrected chi connectivity index (χ4v) is 9.24. The molecule has 3 aromatic rings. The Balaban J connectivity index is 0.935. The first-order valence-corrected chi connectivity index (χ1v) is 12.8. The predicted molar refractivity (Wildman–Crippen MR) is 127 cm³/mol. The summed E-state index contributed by atoms with van der Waals surface area (Å²) in [4.78, 5) is 42.0. The molecule has 11 nitrogen and oxygen atoms in total. The third-order valence-electron chi connectivity index (χ3n) is 10.5. The average Bonchev–Trinajstić information content (AvgIpc) is 3.31. The maximum atomic E-state index is 14.5. The van der Waals surface area contributed by atoms with Crippen LogP contribution >= 0.6 is 0 Å². The molecule has 6 saturated carbocycles. The predicted octanol–water partition coefficient (Wildman–Crippen LogP) is 0.308. The molecule has 0 unspecified atom stereocenters. The lowest BCUT2D eigenvalue weighted by atomic mass is 8.94. The number of nitrogens with zero attached hydrogens (tertiary/aromatic N) is 3. The van der Waals surface area contributed by atoms with Crippen LogP contribution in [0.1, 0.15) is 26.5 Å². The molecule has 3 amide bonds. The Morgan fingerprint density at radius 3 is 2.66 bits per heavy atom. The number of nitrogens with one attached hydrogen (secondary N) is 3. The Bertz CT molecular complexity index is 1610. The fourth-order valence-electron chi connectivity index (χ4n) is 9.24. The zero-order chi connectivity index (χ0) is 25.7. The van der Waals surface area contributed by atoms with Crippen LogP contribution in [0.4, 0.5) is 10.1 Å². The molecule has 2 aromatic heterocycles. The van der Waals surface area contributed by atoms with Crippen LogP contribution in [0.5, 0.6) is 5.75 Å². The summed E-state index contributed by atoms with van der Waals surface area (Å²) in [6, 6.07) is 6.51. The van der Waals surface area contributed by atoms with Gasteiger partial charge >= 0.3 is 0 Å². The van der Waals surface area contributed by atoms with E-state index in [-0.39, 0.29) is 47.0 Å². The van der Waals surface area contributed by atoms with Crippen LogP contribution in [-0.4, -0.2) is 51.0 Å². The van der Waals surface area contributed by atoms with E-state index < -0.39 is 17.6 Å². The molecule has 0 spiro atoms. The van der Waals surface area contributed by atoms with Crippen molar-refractivity contribution >= 4 is 29.1 Å². The van der Waals surface area contributed by atoms with Crippen LogP contribution < -0.4 is 26.4 Å². The van der Waals surface area contributed by atoms with E-state index in [2.05, 4.69) is 26.0 Å². The second-order valence-corrected chi connectivity index (χ2v) is 11.6. The summed E-state index contributed by atoms with van der Waals surface area (Å²) in [6.45, 7) is 0.646. The lowest BCUT2D eigenvalue weighted by molar-refractivity contribution is -0.617. The van der Waals surface area contributed by atoms with Crippen LogP contribution in [0.3, 0.4) is 0 Å². The van der Waals surface area contributed by atoms with E-state index in [4.69, 9.17) is 10.5 Å². The molecule has 0 bridgehead atoms. The highest BCUT2D eigenvalue weighted by Crippen LogP contribution is 3.06. The van der Waals surface area contributed by atoms with Crippen molar-refractivity contribution in [1.29, 1.82) is 0 Å². The molecule has 7 aliphatic rings. The lowest BCUT2D eigenvalue weighted by Gasteiger charge is -3.11. The summed E-state index contributed by atoms with van der Waals surface area (Å²) in [5, 5.41) is 12.5. The maximum absolute atomic E-state index is 14.5. The molecular formula is C26H22FN7O4. The van der Waals surface area contributed by atoms with Crippen LogP contribution in [0.25, 0.3) is 5.65 Å². The molecule has 0 atom stereocenters. The molecule has 6 fully saturated rings. The van der Waals surface area contributed by atoms with Crippen molar-refractivity contribution in [2.75, 3.05) is 18.5 Å². The monoisotopic (exact) mass is 515 g/mol. The quantitative estimate of drug-likeness (QED) is 0.369. The largest absolute Gasteiger partial charge is 0.482 e. The molecule has 38 heavy (non-hydrogen) atoms. The molecule has 192 valence electrons. The first-order chi connectivity index (χ1) is 18.3. The third-order valence-corrected chi connectivity index (χ3v) is 10.5. The average molecular weight is 516 g/mol. The van der Waals surface area contributed by atoms with Crippen molar-refractivity contribution in [3.63, 3.8) is 0 Å². The number of aromatic nitrogens is 3. The zero-order valence-corrected chi connectivity index (χ0v) is 19.9. The first kappa shape index (κ1) is 20.9. The number of hydrogen-bond donors (Lipinski definition) is 4. The molecule has 12 heteroatoms. The second kappa shape index (κ2) is 6.32. The topological polar surface area (TPSA) is 153 Å².